The zero-order valence-electron chi connectivity index (χ0n) is 12.1. The quantitative estimate of drug-likeness (QED) is 0.847. The van der Waals surface area contributed by atoms with Crippen molar-refractivity contribution in [3.8, 4) is 0 Å². The molecule has 1 aromatic heterocycles. The smallest absolute Gasteiger partial charge is 0.263 e. The Morgan fingerprint density at radius 2 is 1.74 bits per heavy atom. The largest absolute Gasteiger partial charge is 0.360 e. The Morgan fingerprint density at radius 3 is 2.26 bits per heavy atom. The topological polar surface area (TPSA) is 110 Å². The lowest BCUT2D eigenvalue weighted by atomic mass is 10.3. The van der Waals surface area contributed by atoms with E-state index in [0.717, 1.165) is 4.90 Å². The molecule has 1 saturated heterocycles. The van der Waals surface area contributed by atoms with Gasteiger partial charge in [0.2, 0.25) is 11.8 Å². The highest BCUT2D eigenvalue weighted by Crippen LogP contribution is 2.24. The van der Waals surface area contributed by atoms with Crippen LogP contribution in [-0.4, -0.2) is 25.4 Å². The average molecular weight is 335 g/mol. The first-order chi connectivity index (χ1) is 10.9. The normalized spacial score (nSPS) is 15.3. The predicted molar refractivity (Wildman–Crippen MR) is 80.2 cm³/mol. The first-order valence-electron chi connectivity index (χ1n) is 6.79. The van der Waals surface area contributed by atoms with Crippen molar-refractivity contribution in [2.45, 2.75) is 24.7 Å². The molecule has 0 unspecified atom stereocenters. The fourth-order valence-electron chi connectivity index (χ4n) is 2.25. The molecule has 2 aromatic rings. The number of benzene rings is 1. The van der Waals surface area contributed by atoms with Crippen molar-refractivity contribution in [1.29, 1.82) is 0 Å². The third-order valence-electron chi connectivity index (χ3n) is 3.32. The lowest BCUT2D eigenvalue weighted by Gasteiger charge is -2.14. The summed E-state index contributed by atoms with van der Waals surface area (Å²) in [5.41, 5.74) is 0.355. The summed E-state index contributed by atoms with van der Waals surface area (Å²) in [5.74, 6) is -0.0239. The highest BCUT2D eigenvalue weighted by Gasteiger charge is 2.30. The number of aryl methyl sites for hydroxylation is 1. The summed E-state index contributed by atoms with van der Waals surface area (Å²) >= 11 is 0. The number of carbonyl (C=O) groups excluding carboxylic acids is 2. The van der Waals surface area contributed by atoms with E-state index in [1.54, 1.807) is 6.92 Å². The minimum atomic E-state index is -3.83. The molecule has 0 atom stereocenters. The Labute approximate surface area is 132 Å². The van der Waals surface area contributed by atoms with Crippen LogP contribution in [0.2, 0.25) is 0 Å². The van der Waals surface area contributed by atoms with Gasteiger partial charge >= 0.3 is 0 Å². The summed E-state index contributed by atoms with van der Waals surface area (Å²) in [6, 6.07) is 6.94. The molecule has 120 valence electrons. The number of hydrogen-bond donors (Lipinski definition) is 1. The van der Waals surface area contributed by atoms with E-state index >= 15 is 0 Å². The molecule has 1 aromatic carbocycles. The molecule has 23 heavy (non-hydrogen) atoms. The monoisotopic (exact) mass is 335 g/mol. The maximum Gasteiger partial charge on any atom is 0.263 e. The van der Waals surface area contributed by atoms with Crippen molar-refractivity contribution in [3.05, 3.63) is 36.1 Å². The van der Waals surface area contributed by atoms with Crippen molar-refractivity contribution >= 4 is 33.3 Å². The molecule has 0 bridgehead atoms. The van der Waals surface area contributed by atoms with Crippen LogP contribution >= 0.6 is 0 Å². The van der Waals surface area contributed by atoms with Gasteiger partial charge in [-0.25, -0.2) is 8.42 Å². The van der Waals surface area contributed by atoms with E-state index in [1.807, 2.05) is 0 Å². The van der Waals surface area contributed by atoms with E-state index in [9.17, 15) is 18.0 Å². The minimum absolute atomic E-state index is 0.0130. The van der Waals surface area contributed by atoms with E-state index in [0.29, 0.717) is 11.4 Å². The third kappa shape index (κ3) is 2.95. The molecule has 0 saturated carbocycles. The Hall–Kier alpha value is -2.68. The van der Waals surface area contributed by atoms with Gasteiger partial charge in [0.1, 0.15) is 5.76 Å². The molecule has 2 heterocycles. The van der Waals surface area contributed by atoms with Crippen molar-refractivity contribution < 1.29 is 22.5 Å². The maximum absolute atomic E-state index is 12.2. The van der Waals surface area contributed by atoms with E-state index < -0.39 is 10.0 Å². The van der Waals surface area contributed by atoms with Gasteiger partial charge in [0.05, 0.1) is 10.6 Å². The van der Waals surface area contributed by atoms with Crippen molar-refractivity contribution in [1.82, 2.24) is 5.16 Å². The number of hydrogen-bond acceptors (Lipinski definition) is 6. The number of sulfonamides is 1. The van der Waals surface area contributed by atoms with Gasteiger partial charge in [0.15, 0.2) is 5.82 Å². The number of aromatic nitrogens is 1. The molecule has 0 spiro atoms. The molecular weight excluding hydrogens is 322 g/mol. The van der Waals surface area contributed by atoms with Crippen LogP contribution in [0.3, 0.4) is 0 Å². The molecule has 0 aliphatic carbocycles. The van der Waals surface area contributed by atoms with Crippen LogP contribution in [0.5, 0.6) is 0 Å². The molecule has 3 rings (SSSR count). The van der Waals surface area contributed by atoms with Crippen LogP contribution in [0.1, 0.15) is 18.6 Å². The second-order valence-corrected chi connectivity index (χ2v) is 6.73. The Bertz CT molecular complexity index is 854. The summed E-state index contributed by atoms with van der Waals surface area (Å²) in [6.07, 6.45) is 0.345. The lowest BCUT2D eigenvalue weighted by molar-refractivity contribution is -0.121. The van der Waals surface area contributed by atoms with Crippen LogP contribution in [0.4, 0.5) is 11.5 Å². The van der Waals surface area contributed by atoms with Crippen LogP contribution in [0, 0.1) is 6.92 Å². The molecule has 1 fully saturated rings. The molecule has 1 N–H and O–H groups in total. The van der Waals surface area contributed by atoms with Crippen LogP contribution in [0.15, 0.2) is 39.8 Å². The highest BCUT2D eigenvalue weighted by molar-refractivity contribution is 7.92. The lowest BCUT2D eigenvalue weighted by Crippen LogP contribution is -2.28. The fourth-order valence-corrected chi connectivity index (χ4v) is 3.23. The first kappa shape index (κ1) is 15.2. The number of nitrogens with one attached hydrogen (secondary N) is 1. The fraction of sp³-hybridized carbons (Fsp3) is 0.214. The molecule has 2 amide bonds. The van der Waals surface area contributed by atoms with E-state index in [2.05, 4.69) is 9.88 Å². The predicted octanol–water partition coefficient (Wildman–Crippen LogP) is 1.44. The van der Waals surface area contributed by atoms with Crippen LogP contribution < -0.4 is 9.62 Å². The number of amides is 2. The summed E-state index contributed by atoms with van der Waals surface area (Å²) in [6.45, 7) is 1.64. The van der Waals surface area contributed by atoms with E-state index in [4.69, 9.17) is 4.52 Å². The SMILES string of the molecule is Cc1cc(NS(=O)(=O)c2ccc(N3C(=O)CCC3=O)cc2)no1. The van der Waals surface area contributed by atoms with Gasteiger partial charge in [0.25, 0.3) is 10.0 Å². The molecule has 1 aliphatic rings. The number of nitrogens with zero attached hydrogens (tertiary/aromatic N) is 2. The number of anilines is 2. The summed E-state index contributed by atoms with van der Waals surface area (Å²) in [5, 5.41) is 3.56. The van der Waals surface area contributed by atoms with Gasteiger partial charge in [-0.15, -0.1) is 0 Å². The Morgan fingerprint density at radius 1 is 1.13 bits per heavy atom. The zero-order chi connectivity index (χ0) is 16.6. The molecule has 9 heteroatoms. The molecule has 0 radical (unpaired) electrons. The van der Waals surface area contributed by atoms with Gasteiger partial charge in [-0.1, -0.05) is 5.16 Å². The molecule has 1 aliphatic heterocycles. The Balaban J connectivity index is 1.84. The molecule has 8 nitrogen and oxygen atoms in total. The van der Waals surface area contributed by atoms with E-state index in [1.165, 1.54) is 30.3 Å². The van der Waals surface area contributed by atoms with Crippen molar-refractivity contribution in [2.24, 2.45) is 0 Å². The van der Waals surface area contributed by atoms with Gasteiger partial charge in [-0.05, 0) is 31.2 Å². The van der Waals surface area contributed by atoms with Crippen molar-refractivity contribution in [3.63, 3.8) is 0 Å². The zero-order valence-corrected chi connectivity index (χ0v) is 13.0. The highest BCUT2D eigenvalue weighted by atomic mass is 32.2. The van der Waals surface area contributed by atoms with Gasteiger partial charge in [-0.2, -0.15) is 0 Å². The second kappa shape index (κ2) is 5.51. The maximum atomic E-state index is 12.2. The standard InChI is InChI=1S/C14H13N3O5S/c1-9-8-12(15-22-9)16-23(20,21)11-4-2-10(3-5-11)17-13(18)6-7-14(17)19/h2-5,8H,6-7H2,1H3,(H,15,16). The summed E-state index contributed by atoms with van der Waals surface area (Å²) in [7, 11) is -3.83. The number of carbonyl (C=O) groups is 2. The average Bonchev–Trinajstić information content (AvgIpc) is 3.04. The number of imide groups is 1. The second-order valence-electron chi connectivity index (χ2n) is 5.05. The Kier molecular flexibility index (Phi) is 3.64. The minimum Gasteiger partial charge on any atom is -0.360 e. The third-order valence-corrected chi connectivity index (χ3v) is 4.69. The summed E-state index contributed by atoms with van der Waals surface area (Å²) in [4.78, 5) is 24.4. The van der Waals surface area contributed by atoms with Gasteiger partial charge in [0, 0.05) is 18.9 Å². The molecular formula is C14H13N3O5S. The first-order valence-corrected chi connectivity index (χ1v) is 8.27. The van der Waals surface area contributed by atoms with Gasteiger partial charge in [-0.3, -0.25) is 19.2 Å². The van der Waals surface area contributed by atoms with Gasteiger partial charge < -0.3 is 4.52 Å². The number of rotatable bonds is 4. The van der Waals surface area contributed by atoms with Crippen LogP contribution in [0.25, 0.3) is 0 Å². The van der Waals surface area contributed by atoms with Crippen molar-refractivity contribution in [2.75, 3.05) is 9.62 Å². The summed E-state index contributed by atoms with van der Waals surface area (Å²) < 4.78 is 31.5. The van der Waals surface area contributed by atoms with Crippen LogP contribution in [-0.2, 0) is 19.6 Å². The van der Waals surface area contributed by atoms with E-state index in [-0.39, 0.29) is 35.4 Å².